The van der Waals surface area contributed by atoms with Crippen molar-refractivity contribution < 1.29 is 23.5 Å². The molecule has 90 valence electrons. The van der Waals surface area contributed by atoms with Gasteiger partial charge in [-0.15, -0.1) is 0 Å². The number of fused-ring (bicyclic) bond motifs is 1. The molecular weight excluding hydrogens is 227 g/mol. The first-order valence-corrected chi connectivity index (χ1v) is 5.11. The number of aryl methyl sites for hydroxylation is 1. The fourth-order valence-electron chi connectivity index (χ4n) is 1.89. The molecule has 1 aliphatic rings. The summed E-state index contributed by atoms with van der Waals surface area (Å²) in [4.78, 5) is 22.9. The molecule has 17 heavy (non-hydrogen) atoms. The lowest BCUT2D eigenvalue weighted by Crippen LogP contribution is -2.36. The van der Waals surface area contributed by atoms with Crippen molar-refractivity contribution in [3.05, 3.63) is 34.6 Å². The second-order valence-corrected chi connectivity index (χ2v) is 3.84. The van der Waals surface area contributed by atoms with Crippen molar-refractivity contribution >= 4 is 11.9 Å². The molecule has 5 heteroatoms. The predicted octanol–water partition coefficient (Wildman–Crippen LogP) is 1.39. The quantitative estimate of drug-likeness (QED) is 0.694. The van der Waals surface area contributed by atoms with E-state index in [2.05, 4.69) is 4.74 Å². The summed E-state index contributed by atoms with van der Waals surface area (Å²) < 4.78 is 22.9. The third-order valence-electron chi connectivity index (χ3n) is 2.80. The van der Waals surface area contributed by atoms with Crippen LogP contribution in [0.3, 0.4) is 0 Å². The topological polar surface area (TPSA) is 52.6 Å². The molecule has 4 nitrogen and oxygen atoms in total. The summed E-state index contributed by atoms with van der Waals surface area (Å²) in [6, 6.07) is 2.79. The number of halogens is 1. The highest BCUT2D eigenvalue weighted by atomic mass is 19.1. The summed E-state index contributed by atoms with van der Waals surface area (Å²) in [5, 5.41) is 0. The minimum absolute atomic E-state index is 0.0786. The van der Waals surface area contributed by atoms with Gasteiger partial charge in [0.25, 0.3) is 0 Å². The summed E-state index contributed by atoms with van der Waals surface area (Å²) in [5.41, 5.74) is 1.19. The molecule has 1 aromatic carbocycles. The van der Waals surface area contributed by atoms with Gasteiger partial charge < -0.3 is 9.47 Å². The van der Waals surface area contributed by atoms with Gasteiger partial charge in [0.2, 0.25) is 6.10 Å². The molecule has 0 spiro atoms. The molecule has 1 atom stereocenters. The molecule has 1 aromatic rings. The molecule has 0 aliphatic carbocycles. The van der Waals surface area contributed by atoms with E-state index >= 15 is 0 Å². The lowest BCUT2D eigenvalue weighted by molar-refractivity contribution is -0.151. The number of carbonyl (C=O) groups excluding carboxylic acids is 2. The fraction of sp³-hybridized carbons (Fsp3) is 0.333. The molecule has 0 amide bonds. The highest BCUT2D eigenvalue weighted by Crippen LogP contribution is 2.26. The largest absolute Gasteiger partial charge is 0.466 e. The van der Waals surface area contributed by atoms with Crippen LogP contribution in [0, 0.1) is 12.7 Å². The smallest absolute Gasteiger partial charge is 0.347 e. The molecule has 0 saturated carbocycles. The summed E-state index contributed by atoms with van der Waals surface area (Å²) in [6.07, 6.45) is -0.836. The van der Waals surface area contributed by atoms with E-state index in [0.717, 1.165) is 5.56 Å². The van der Waals surface area contributed by atoms with Crippen LogP contribution in [0.5, 0.6) is 0 Å². The number of hydrogen-bond donors (Lipinski definition) is 0. The van der Waals surface area contributed by atoms with E-state index in [-0.39, 0.29) is 12.0 Å². The van der Waals surface area contributed by atoms with Crippen molar-refractivity contribution in [1.82, 2.24) is 0 Å². The van der Waals surface area contributed by atoms with Crippen molar-refractivity contribution in [2.45, 2.75) is 19.4 Å². The number of cyclic esters (lactones) is 1. The molecule has 0 radical (unpaired) electrons. The summed E-state index contributed by atoms with van der Waals surface area (Å²) in [7, 11) is 1.21. The zero-order valence-electron chi connectivity index (χ0n) is 9.45. The number of carbonyl (C=O) groups is 2. The molecule has 0 fully saturated rings. The predicted molar refractivity (Wildman–Crippen MR) is 56.1 cm³/mol. The van der Waals surface area contributed by atoms with Gasteiger partial charge in [-0.05, 0) is 24.1 Å². The fourth-order valence-corrected chi connectivity index (χ4v) is 1.89. The Balaban J connectivity index is 2.46. The van der Waals surface area contributed by atoms with E-state index in [1.807, 2.05) is 0 Å². The molecule has 0 N–H and O–H groups in total. The van der Waals surface area contributed by atoms with Gasteiger partial charge in [0.05, 0.1) is 12.7 Å². The van der Waals surface area contributed by atoms with Crippen molar-refractivity contribution in [3.63, 3.8) is 0 Å². The van der Waals surface area contributed by atoms with Gasteiger partial charge in [0.15, 0.2) is 0 Å². The van der Waals surface area contributed by atoms with Gasteiger partial charge in [0, 0.05) is 6.42 Å². The average Bonchev–Trinajstić information content (AvgIpc) is 2.32. The van der Waals surface area contributed by atoms with E-state index in [9.17, 15) is 14.0 Å². The third kappa shape index (κ3) is 1.88. The molecule has 0 bridgehead atoms. The van der Waals surface area contributed by atoms with Crippen molar-refractivity contribution in [2.75, 3.05) is 7.11 Å². The Morgan fingerprint density at radius 1 is 1.53 bits per heavy atom. The maximum atomic E-state index is 13.5. The number of ether oxygens (including phenoxy) is 2. The Kier molecular flexibility index (Phi) is 2.83. The minimum atomic E-state index is -0.986. The van der Waals surface area contributed by atoms with Crippen LogP contribution in [0.2, 0.25) is 0 Å². The summed E-state index contributed by atoms with van der Waals surface area (Å²) >= 11 is 0. The standard InChI is InChI=1S/C12H11FO4/c1-6-3-4-8(13)10-7(6)5-9(11(14)16-2)17-12(10)15/h3-4,9H,5H2,1-2H3. The lowest BCUT2D eigenvalue weighted by atomic mass is 9.94. The number of methoxy groups -OCH3 is 1. The molecule has 2 rings (SSSR count). The second-order valence-electron chi connectivity index (χ2n) is 3.84. The van der Waals surface area contributed by atoms with Gasteiger partial charge in [-0.25, -0.2) is 14.0 Å². The lowest BCUT2D eigenvalue weighted by Gasteiger charge is -2.24. The van der Waals surface area contributed by atoms with Gasteiger partial charge in [-0.2, -0.15) is 0 Å². The van der Waals surface area contributed by atoms with Gasteiger partial charge in [-0.3, -0.25) is 0 Å². The van der Waals surface area contributed by atoms with Crippen LogP contribution in [-0.4, -0.2) is 25.2 Å². The maximum Gasteiger partial charge on any atom is 0.347 e. The maximum absolute atomic E-state index is 13.5. The molecular formula is C12H11FO4. The first kappa shape index (κ1) is 11.6. The van der Waals surface area contributed by atoms with Crippen LogP contribution in [-0.2, 0) is 20.7 Å². The normalized spacial score (nSPS) is 18.3. The monoisotopic (exact) mass is 238 g/mol. The van der Waals surface area contributed by atoms with Crippen LogP contribution in [0.1, 0.15) is 21.5 Å². The molecule has 1 heterocycles. The highest BCUT2D eigenvalue weighted by Gasteiger charge is 2.34. The van der Waals surface area contributed by atoms with Crippen molar-refractivity contribution in [3.8, 4) is 0 Å². The SMILES string of the molecule is COC(=O)C1Cc2c(C)ccc(F)c2C(=O)O1. The Bertz CT molecular complexity index is 496. The first-order valence-electron chi connectivity index (χ1n) is 5.11. The van der Waals surface area contributed by atoms with Crippen LogP contribution >= 0.6 is 0 Å². The van der Waals surface area contributed by atoms with E-state index in [1.54, 1.807) is 13.0 Å². The summed E-state index contributed by atoms with van der Waals surface area (Å²) in [6.45, 7) is 1.76. The first-order chi connectivity index (χ1) is 8.04. The Hall–Kier alpha value is -1.91. The van der Waals surface area contributed by atoms with Crippen molar-refractivity contribution in [1.29, 1.82) is 0 Å². The van der Waals surface area contributed by atoms with Crippen molar-refractivity contribution in [2.24, 2.45) is 0 Å². The molecule has 0 saturated heterocycles. The molecule has 1 aliphatic heterocycles. The van der Waals surface area contributed by atoms with Crippen LogP contribution in [0.15, 0.2) is 12.1 Å². The van der Waals surface area contributed by atoms with Crippen LogP contribution in [0.4, 0.5) is 4.39 Å². The molecule has 0 aromatic heterocycles. The van der Waals surface area contributed by atoms with Gasteiger partial charge in [-0.1, -0.05) is 6.07 Å². The Morgan fingerprint density at radius 3 is 2.88 bits per heavy atom. The van der Waals surface area contributed by atoms with Gasteiger partial charge in [0.1, 0.15) is 5.82 Å². The van der Waals surface area contributed by atoms with E-state index < -0.39 is 23.9 Å². The van der Waals surface area contributed by atoms with Crippen LogP contribution in [0.25, 0.3) is 0 Å². The van der Waals surface area contributed by atoms with E-state index in [0.29, 0.717) is 5.56 Å². The van der Waals surface area contributed by atoms with E-state index in [1.165, 1.54) is 13.2 Å². The van der Waals surface area contributed by atoms with E-state index in [4.69, 9.17) is 4.74 Å². The number of esters is 2. The Morgan fingerprint density at radius 2 is 2.24 bits per heavy atom. The zero-order valence-corrected chi connectivity index (χ0v) is 9.45. The van der Waals surface area contributed by atoms with Crippen LogP contribution < -0.4 is 0 Å². The number of rotatable bonds is 1. The third-order valence-corrected chi connectivity index (χ3v) is 2.80. The highest BCUT2D eigenvalue weighted by molar-refractivity contribution is 5.95. The Labute approximate surface area is 97.3 Å². The van der Waals surface area contributed by atoms with Gasteiger partial charge >= 0.3 is 11.9 Å². The number of hydrogen-bond acceptors (Lipinski definition) is 4. The summed E-state index contributed by atoms with van der Waals surface area (Å²) in [5.74, 6) is -2.07. The number of benzene rings is 1. The average molecular weight is 238 g/mol. The molecule has 1 unspecified atom stereocenters. The minimum Gasteiger partial charge on any atom is -0.466 e. The zero-order chi connectivity index (χ0) is 12.6. The second kappa shape index (κ2) is 4.16.